The molecule has 0 saturated heterocycles. The molecule has 1 aromatic carbocycles. The maximum absolute atomic E-state index is 12.3. The van der Waals surface area contributed by atoms with Gasteiger partial charge in [-0.05, 0) is 24.6 Å². The van der Waals surface area contributed by atoms with Gasteiger partial charge >= 0.3 is 0 Å². The van der Waals surface area contributed by atoms with Gasteiger partial charge < -0.3 is 14.8 Å². The number of aromatic amines is 1. The lowest BCUT2D eigenvalue weighted by molar-refractivity contribution is -0.120. The van der Waals surface area contributed by atoms with Gasteiger partial charge in [-0.3, -0.25) is 9.89 Å². The zero-order chi connectivity index (χ0) is 18.4. The lowest BCUT2D eigenvalue weighted by Gasteiger charge is -2.12. The fraction of sp³-hybridized carbons (Fsp3) is 0.471. The topological polar surface area (TPSA) is 89.1 Å². The molecule has 25 heavy (non-hydrogen) atoms. The monoisotopic (exact) mass is 364 g/mol. The lowest BCUT2D eigenvalue weighted by Crippen LogP contribution is -2.30. The Hall–Kier alpha value is -2.22. The van der Waals surface area contributed by atoms with Crippen molar-refractivity contribution in [2.45, 2.75) is 43.6 Å². The molecule has 0 bridgehead atoms. The number of aromatic nitrogens is 3. The molecular weight excluding hydrogens is 340 g/mol. The van der Waals surface area contributed by atoms with Crippen molar-refractivity contribution in [3.8, 4) is 11.5 Å². The molecular formula is C17H24N4O3S. The minimum absolute atomic E-state index is 0.0734. The Kier molecular flexibility index (Phi) is 6.69. The van der Waals surface area contributed by atoms with Crippen LogP contribution in [0.2, 0.25) is 0 Å². The molecule has 8 heteroatoms. The maximum Gasteiger partial charge on any atom is 0.233 e. The Balaban J connectivity index is 1.90. The average molecular weight is 364 g/mol. The summed E-state index contributed by atoms with van der Waals surface area (Å²) in [7, 11) is 3.17. The summed E-state index contributed by atoms with van der Waals surface area (Å²) < 4.78 is 10.5. The summed E-state index contributed by atoms with van der Waals surface area (Å²) in [6, 6.07) is 5.56. The summed E-state index contributed by atoms with van der Waals surface area (Å²) in [5.41, 5.74) is 0.934. The van der Waals surface area contributed by atoms with Crippen LogP contribution < -0.4 is 14.8 Å². The van der Waals surface area contributed by atoms with Crippen LogP contribution in [0.15, 0.2) is 23.4 Å². The highest BCUT2D eigenvalue weighted by molar-refractivity contribution is 8.00. The third kappa shape index (κ3) is 5.12. The normalized spacial score (nSPS) is 12.1. The molecule has 0 aliphatic rings. The van der Waals surface area contributed by atoms with Crippen LogP contribution in [0.1, 0.15) is 38.1 Å². The van der Waals surface area contributed by atoms with Gasteiger partial charge in [-0.1, -0.05) is 31.7 Å². The molecule has 2 aromatic rings. The van der Waals surface area contributed by atoms with Crippen LogP contribution in [0.5, 0.6) is 11.5 Å². The molecule has 0 unspecified atom stereocenters. The van der Waals surface area contributed by atoms with E-state index < -0.39 is 0 Å². The van der Waals surface area contributed by atoms with E-state index in [0.717, 1.165) is 11.4 Å². The summed E-state index contributed by atoms with van der Waals surface area (Å²) in [6.07, 6.45) is 0. The second kappa shape index (κ2) is 8.75. The molecule has 1 amide bonds. The SMILES string of the molecule is COc1ccc(CNC(=O)[C@@H](C)Sc2n[nH]c(C(C)C)n2)cc1OC. The summed E-state index contributed by atoms with van der Waals surface area (Å²) in [5.74, 6) is 2.32. The van der Waals surface area contributed by atoms with E-state index in [9.17, 15) is 4.79 Å². The van der Waals surface area contributed by atoms with Crippen molar-refractivity contribution in [2.24, 2.45) is 0 Å². The largest absolute Gasteiger partial charge is 0.493 e. The fourth-order valence-electron chi connectivity index (χ4n) is 2.10. The fourth-order valence-corrected chi connectivity index (χ4v) is 2.86. The number of H-pyrrole nitrogens is 1. The van der Waals surface area contributed by atoms with E-state index in [-0.39, 0.29) is 17.1 Å². The molecule has 0 spiro atoms. The number of nitrogens with one attached hydrogen (secondary N) is 2. The predicted octanol–water partition coefficient (Wildman–Crippen LogP) is 2.74. The molecule has 1 aromatic heterocycles. The van der Waals surface area contributed by atoms with Crippen LogP contribution in [-0.4, -0.2) is 40.6 Å². The molecule has 7 nitrogen and oxygen atoms in total. The van der Waals surface area contributed by atoms with Crippen molar-refractivity contribution in [1.29, 1.82) is 0 Å². The van der Waals surface area contributed by atoms with Gasteiger partial charge in [0.15, 0.2) is 11.5 Å². The van der Waals surface area contributed by atoms with Crippen molar-refractivity contribution >= 4 is 17.7 Å². The van der Waals surface area contributed by atoms with Crippen LogP contribution in [-0.2, 0) is 11.3 Å². The highest BCUT2D eigenvalue weighted by Crippen LogP contribution is 2.27. The van der Waals surface area contributed by atoms with Crippen molar-refractivity contribution < 1.29 is 14.3 Å². The van der Waals surface area contributed by atoms with Gasteiger partial charge in [0, 0.05) is 12.5 Å². The predicted molar refractivity (Wildman–Crippen MR) is 97.2 cm³/mol. The highest BCUT2D eigenvalue weighted by atomic mass is 32.2. The summed E-state index contributed by atoms with van der Waals surface area (Å²) in [5, 5.41) is 10.2. The van der Waals surface area contributed by atoms with Gasteiger partial charge in [0.05, 0.1) is 19.5 Å². The number of nitrogens with zero attached hydrogens (tertiary/aromatic N) is 2. The minimum Gasteiger partial charge on any atom is -0.493 e. The number of amides is 1. The molecule has 2 rings (SSSR count). The maximum atomic E-state index is 12.3. The Morgan fingerprint density at radius 2 is 1.96 bits per heavy atom. The number of ether oxygens (including phenoxy) is 2. The number of carbonyl (C=O) groups is 1. The van der Waals surface area contributed by atoms with Crippen LogP contribution in [0.4, 0.5) is 0 Å². The Bertz CT molecular complexity index is 718. The van der Waals surface area contributed by atoms with Crippen molar-refractivity contribution in [3.05, 3.63) is 29.6 Å². The first-order valence-corrected chi connectivity index (χ1v) is 8.90. The summed E-state index contributed by atoms with van der Waals surface area (Å²) >= 11 is 1.33. The van der Waals surface area contributed by atoms with Crippen LogP contribution in [0, 0.1) is 0 Å². The molecule has 0 aliphatic carbocycles. The van der Waals surface area contributed by atoms with Gasteiger partial charge in [0.25, 0.3) is 0 Å². The van der Waals surface area contributed by atoms with E-state index in [4.69, 9.17) is 9.47 Å². The minimum atomic E-state index is -0.295. The number of thioether (sulfide) groups is 1. The Labute approximate surface area is 151 Å². The number of benzene rings is 1. The van der Waals surface area contributed by atoms with Gasteiger partial charge in [-0.25, -0.2) is 4.98 Å². The number of methoxy groups -OCH3 is 2. The smallest absolute Gasteiger partial charge is 0.233 e. The number of rotatable bonds is 8. The van der Waals surface area contributed by atoms with Crippen LogP contribution in [0.25, 0.3) is 0 Å². The third-order valence-corrected chi connectivity index (χ3v) is 4.56. The molecule has 0 aliphatic heterocycles. The molecule has 1 heterocycles. The van der Waals surface area contributed by atoms with Gasteiger partial charge in [0.2, 0.25) is 11.1 Å². The summed E-state index contributed by atoms with van der Waals surface area (Å²) in [6.45, 7) is 6.32. The Morgan fingerprint density at radius 1 is 1.24 bits per heavy atom. The Morgan fingerprint density at radius 3 is 2.56 bits per heavy atom. The van der Waals surface area contributed by atoms with Gasteiger partial charge in [-0.2, -0.15) is 0 Å². The molecule has 136 valence electrons. The summed E-state index contributed by atoms with van der Waals surface area (Å²) in [4.78, 5) is 16.7. The molecule has 0 saturated carbocycles. The average Bonchev–Trinajstić information content (AvgIpc) is 3.08. The van der Waals surface area contributed by atoms with Crippen LogP contribution >= 0.6 is 11.8 Å². The van der Waals surface area contributed by atoms with E-state index in [1.807, 2.05) is 39.0 Å². The zero-order valence-corrected chi connectivity index (χ0v) is 15.9. The van der Waals surface area contributed by atoms with E-state index >= 15 is 0 Å². The van der Waals surface area contributed by atoms with E-state index in [2.05, 4.69) is 20.5 Å². The third-order valence-electron chi connectivity index (χ3n) is 3.60. The van der Waals surface area contributed by atoms with E-state index in [1.54, 1.807) is 14.2 Å². The molecule has 2 N–H and O–H groups in total. The lowest BCUT2D eigenvalue weighted by atomic mass is 10.2. The van der Waals surface area contributed by atoms with Crippen LogP contribution in [0.3, 0.4) is 0 Å². The van der Waals surface area contributed by atoms with Crippen molar-refractivity contribution in [2.75, 3.05) is 14.2 Å². The highest BCUT2D eigenvalue weighted by Gasteiger charge is 2.17. The number of hydrogen-bond donors (Lipinski definition) is 2. The number of hydrogen-bond acceptors (Lipinski definition) is 6. The second-order valence-electron chi connectivity index (χ2n) is 5.83. The second-order valence-corrected chi connectivity index (χ2v) is 7.13. The molecule has 0 radical (unpaired) electrons. The first-order valence-electron chi connectivity index (χ1n) is 8.02. The molecule has 0 fully saturated rings. The van der Waals surface area contributed by atoms with E-state index in [1.165, 1.54) is 11.8 Å². The first-order chi connectivity index (χ1) is 11.9. The zero-order valence-electron chi connectivity index (χ0n) is 15.1. The van der Waals surface area contributed by atoms with Gasteiger partial charge in [-0.15, -0.1) is 5.10 Å². The standard InChI is InChI=1S/C17H24N4O3S/c1-10(2)15-19-17(21-20-15)25-11(3)16(22)18-9-12-6-7-13(23-4)14(8-12)24-5/h6-8,10-11H,9H2,1-5H3,(H,18,22)(H,19,20,21)/t11-/m1/s1. The number of carbonyl (C=O) groups excluding carboxylic acids is 1. The molecule has 1 atom stereocenters. The van der Waals surface area contributed by atoms with Crippen molar-refractivity contribution in [1.82, 2.24) is 20.5 Å². The van der Waals surface area contributed by atoms with Gasteiger partial charge in [0.1, 0.15) is 5.82 Å². The van der Waals surface area contributed by atoms with Crippen molar-refractivity contribution in [3.63, 3.8) is 0 Å². The quantitative estimate of drug-likeness (QED) is 0.700. The van der Waals surface area contributed by atoms with E-state index in [0.29, 0.717) is 23.2 Å². The first kappa shape index (κ1) is 19.1.